The van der Waals surface area contributed by atoms with Crippen LogP contribution in [0, 0.1) is 0 Å². The molecule has 0 aromatic heterocycles. The van der Waals surface area contributed by atoms with E-state index in [0.717, 1.165) is 13.1 Å². The number of rotatable bonds is 1. The summed E-state index contributed by atoms with van der Waals surface area (Å²) in [5, 5.41) is 0. The second kappa shape index (κ2) is 4.14. The van der Waals surface area contributed by atoms with Crippen molar-refractivity contribution in [2.24, 2.45) is 0 Å². The summed E-state index contributed by atoms with van der Waals surface area (Å²) in [4.78, 5) is 2.40. The Hall–Kier alpha value is 0.780. The molecule has 0 bridgehead atoms. The standard InChI is InChI=1S/C7H17NOP2/c1-5-3-8(7(10)11)4-6(2)9-5/h5-7H,3-4,10-11H2,1-2H3. The van der Waals surface area contributed by atoms with Crippen molar-refractivity contribution >= 4 is 18.5 Å². The first-order valence-electron chi connectivity index (χ1n) is 4.00. The first-order chi connectivity index (χ1) is 5.09. The molecule has 66 valence electrons. The number of ether oxygens (including phenoxy) is 1. The van der Waals surface area contributed by atoms with Crippen molar-refractivity contribution in [3.8, 4) is 0 Å². The Morgan fingerprint density at radius 1 is 1.27 bits per heavy atom. The van der Waals surface area contributed by atoms with E-state index in [2.05, 4.69) is 37.2 Å². The summed E-state index contributed by atoms with van der Waals surface area (Å²) in [5.41, 5.74) is 0.490. The molecule has 0 radical (unpaired) electrons. The van der Waals surface area contributed by atoms with Gasteiger partial charge in [0.25, 0.3) is 0 Å². The van der Waals surface area contributed by atoms with Crippen LogP contribution < -0.4 is 0 Å². The Morgan fingerprint density at radius 3 is 2.09 bits per heavy atom. The Kier molecular flexibility index (Phi) is 3.71. The summed E-state index contributed by atoms with van der Waals surface area (Å²) in [6.07, 6.45) is 0.754. The van der Waals surface area contributed by atoms with E-state index in [-0.39, 0.29) is 0 Å². The second-order valence-corrected chi connectivity index (χ2v) is 5.34. The maximum absolute atomic E-state index is 5.61. The minimum Gasteiger partial charge on any atom is -0.373 e. The van der Waals surface area contributed by atoms with Crippen molar-refractivity contribution in [3.05, 3.63) is 0 Å². The second-order valence-electron chi connectivity index (χ2n) is 3.20. The Morgan fingerprint density at radius 2 is 1.73 bits per heavy atom. The maximum Gasteiger partial charge on any atom is 0.0678 e. The molecule has 2 nitrogen and oxygen atoms in total. The lowest BCUT2D eigenvalue weighted by Crippen LogP contribution is -2.46. The van der Waals surface area contributed by atoms with E-state index >= 15 is 0 Å². The zero-order chi connectivity index (χ0) is 8.43. The number of hydrogen-bond acceptors (Lipinski definition) is 2. The smallest absolute Gasteiger partial charge is 0.0678 e. The van der Waals surface area contributed by atoms with Gasteiger partial charge in [0, 0.05) is 18.6 Å². The van der Waals surface area contributed by atoms with Crippen LogP contribution in [0.3, 0.4) is 0 Å². The SMILES string of the molecule is CC1CN(C(P)P)CC(C)O1. The Balaban J connectivity index is 2.43. The van der Waals surface area contributed by atoms with Gasteiger partial charge in [-0.2, -0.15) is 0 Å². The summed E-state index contributed by atoms with van der Waals surface area (Å²) in [6, 6.07) is 0. The molecule has 0 saturated carbocycles. The molecular formula is C7H17NOP2. The van der Waals surface area contributed by atoms with E-state index in [0.29, 0.717) is 17.7 Å². The average molecular weight is 193 g/mol. The van der Waals surface area contributed by atoms with Crippen molar-refractivity contribution in [2.45, 2.75) is 31.6 Å². The predicted molar refractivity (Wildman–Crippen MR) is 54.8 cm³/mol. The minimum absolute atomic E-state index is 0.377. The summed E-state index contributed by atoms with van der Waals surface area (Å²) >= 11 is 0. The van der Waals surface area contributed by atoms with Crippen LogP contribution in [0.15, 0.2) is 0 Å². The molecule has 0 aromatic carbocycles. The molecule has 1 aliphatic rings. The molecule has 4 unspecified atom stereocenters. The molecule has 1 rings (SSSR count). The summed E-state index contributed by atoms with van der Waals surface area (Å²) in [7, 11) is 5.58. The number of nitrogens with zero attached hydrogens (tertiary/aromatic N) is 1. The zero-order valence-corrected chi connectivity index (χ0v) is 9.47. The third kappa shape index (κ3) is 2.95. The highest BCUT2D eigenvalue weighted by atomic mass is 31.1. The van der Waals surface area contributed by atoms with Crippen molar-refractivity contribution in [1.29, 1.82) is 0 Å². The Bertz CT molecular complexity index is 122. The molecule has 0 amide bonds. The van der Waals surface area contributed by atoms with Crippen LogP contribution in [0.5, 0.6) is 0 Å². The van der Waals surface area contributed by atoms with Gasteiger partial charge in [-0.25, -0.2) is 0 Å². The van der Waals surface area contributed by atoms with Crippen molar-refractivity contribution in [3.63, 3.8) is 0 Å². The van der Waals surface area contributed by atoms with Crippen LogP contribution in [-0.4, -0.2) is 35.7 Å². The maximum atomic E-state index is 5.61. The lowest BCUT2D eigenvalue weighted by atomic mass is 10.2. The first-order valence-corrected chi connectivity index (χ1v) is 5.33. The first kappa shape index (κ1) is 9.86. The van der Waals surface area contributed by atoms with E-state index in [1.807, 2.05) is 0 Å². The quantitative estimate of drug-likeness (QED) is 0.579. The summed E-state index contributed by atoms with van der Waals surface area (Å²) in [6.45, 7) is 6.34. The zero-order valence-electron chi connectivity index (χ0n) is 7.16. The van der Waals surface area contributed by atoms with E-state index in [4.69, 9.17) is 4.74 Å². The molecule has 0 N–H and O–H groups in total. The van der Waals surface area contributed by atoms with Gasteiger partial charge >= 0.3 is 0 Å². The van der Waals surface area contributed by atoms with Gasteiger partial charge in [0.2, 0.25) is 0 Å². The van der Waals surface area contributed by atoms with Crippen LogP contribution in [-0.2, 0) is 4.74 Å². The molecule has 1 heterocycles. The van der Waals surface area contributed by atoms with E-state index in [1.54, 1.807) is 0 Å². The largest absolute Gasteiger partial charge is 0.373 e. The molecule has 11 heavy (non-hydrogen) atoms. The molecular weight excluding hydrogens is 176 g/mol. The van der Waals surface area contributed by atoms with Gasteiger partial charge < -0.3 is 4.74 Å². The summed E-state index contributed by atoms with van der Waals surface area (Å²) < 4.78 is 5.61. The fourth-order valence-electron chi connectivity index (χ4n) is 1.46. The number of hydrogen-bond donors (Lipinski definition) is 0. The van der Waals surface area contributed by atoms with Crippen molar-refractivity contribution in [1.82, 2.24) is 4.90 Å². The minimum atomic E-state index is 0.377. The van der Waals surface area contributed by atoms with E-state index < -0.39 is 0 Å². The molecule has 1 fully saturated rings. The van der Waals surface area contributed by atoms with Gasteiger partial charge in [0.15, 0.2) is 0 Å². The molecule has 4 heteroatoms. The normalized spacial score (nSPS) is 34.6. The van der Waals surface area contributed by atoms with Gasteiger partial charge in [-0.3, -0.25) is 4.90 Å². The fraction of sp³-hybridized carbons (Fsp3) is 1.00. The van der Waals surface area contributed by atoms with Crippen LogP contribution in [0.1, 0.15) is 13.8 Å². The molecule has 0 aromatic rings. The van der Waals surface area contributed by atoms with Crippen LogP contribution in [0.4, 0.5) is 0 Å². The highest BCUT2D eigenvalue weighted by molar-refractivity contribution is 7.37. The lowest BCUT2D eigenvalue weighted by molar-refractivity contribution is -0.0649. The van der Waals surface area contributed by atoms with Gasteiger partial charge in [0.05, 0.1) is 12.2 Å². The monoisotopic (exact) mass is 193 g/mol. The van der Waals surface area contributed by atoms with Gasteiger partial charge in [-0.15, -0.1) is 18.5 Å². The topological polar surface area (TPSA) is 12.5 Å². The van der Waals surface area contributed by atoms with Crippen molar-refractivity contribution < 1.29 is 4.74 Å². The number of morpholine rings is 1. The summed E-state index contributed by atoms with van der Waals surface area (Å²) in [5.74, 6) is 0. The molecule has 4 atom stereocenters. The van der Waals surface area contributed by atoms with Crippen LogP contribution >= 0.6 is 18.5 Å². The van der Waals surface area contributed by atoms with E-state index in [1.165, 1.54) is 0 Å². The lowest BCUT2D eigenvalue weighted by Gasteiger charge is -2.37. The highest BCUT2D eigenvalue weighted by Crippen LogP contribution is 2.20. The molecule has 1 aliphatic heterocycles. The van der Waals surface area contributed by atoms with Crippen LogP contribution in [0.25, 0.3) is 0 Å². The molecule has 0 aliphatic carbocycles. The predicted octanol–water partition coefficient (Wildman–Crippen LogP) is 1.13. The van der Waals surface area contributed by atoms with Crippen molar-refractivity contribution in [2.75, 3.05) is 13.1 Å². The average Bonchev–Trinajstić information content (AvgIpc) is 1.85. The van der Waals surface area contributed by atoms with Crippen LogP contribution in [0.2, 0.25) is 0 Å². The van der Waals surface area contributed by atoms with Gasteiger partial charge in [0.1, 0.15) is 0 Å². The third-order valence-electron chi connectivity index (χ3n) is 1.87. The molecule has 0 spiro atoms. The van der Waals surface area contributed by atoms with Gasteiger partial charge in [-0.05, 0) is 13.8 Å². The fourth-order valence-corrected chi connectivity index (χ4v) is 1.95. The van der Waals surface area contributed by atoms with E-state index in [9.17, 15) is 0 Å². The van der Waals surface area contributed by atoms with Gasteiger partial charge in [-0.1, -0.05) is 0 Å². The highest BCUT2D eigenvalue weighted by Gasteiger charge is 2.23. The molecule has 1 saturated heterocycles. The Labute approximate surface area is 73.5 Å². The third-order valence-corrected chi connectivity index (χ3v) is 2.71.